The molecule has 1 aromatic carbocycles. The van der Waals surface area contributed by atoms with E-state index in [1.807, 2.05) is 0 Å². The maximum Gasteiger partial charge on any atom is 0.352 e. The van der Waals surface area contributed by atoms with Crippen molar-refractivity contribution in [3.63, 3.8) is 0 Å². The number of hydrogen-bond acceptors (Lipinski definition) is 5. The number of anilines is 2. The molecule has 2 rings (SSSR count). The Hall–Kier alpha value is -2.44. The number of carbonyl (C=O) groups is 2. The second-order valence-corrected chi connectivity index (χ2v) is 3.45. The summed E-state index contributed by atoms with van der Waals surface area (Å²) in [6.45, 7) is 0. The number of benzene rings is 1. The molecule has 0 spiro atoms. The lowest BCUT2D eigenvalue weighted by Crippen LogP contribution is -2.38. The lowest BCUT2D eigenvalue weighted by atomic mass is 10.1. The minimum Gasteiger partial charge on any atom is -0.477 e. The Balaban J connectivity index is 2.57. The average Bonchev–Trinajstić information content (AvgIpc) is 2.29. The first-order chi connectivity index (χ1) is 8.02. The van der Waals surface area contributed by atoms with Gasteiger partial charge in [0.15, 0.2) is 5.71 Å². The molecule has 1 aromatic rings. The summed E-state index contributed by atoms with van der Waals surface area (Å²) in [5.41, 5.74) is 5.31. The summed E-state index contributed by atoms with van der Waals surface area (Å²) in [5.74, 6) is -2.03. The number of carbonyl (C=O) groups excluding carboxylic acids is 1. The first-order valence-corrected chi connectivity index (χ1v) is 4.65. The van der Waals surface area contributed by atoms with Crippen LogP contribution in [0.1, 0.15) is 0 Å². The summed E-state index contributed by atoms with van der Waals surface area (Å²) in [6, 6.07) is 1.22. The number of nitrogen functional groups attached to an aromatic ring is 1. The molecule has 0 aliphatic carbocycles. The molecule has 0 fully saturated rings. The molecular weight excluding hydrogens is 229 g/mol. The van der Waals surface area contributed by atoms with Crippen LogP contribution in [0.15, 0.2) is 17.1 Å². The maximum absolute atomic E-state index is 13.2. The lowest BCUT2D eigenvalue weighted by Gasteiger charge is -2.21. The first kappa shape index (κ1) is 11.1. The second kappa shape index (κ2) is 3.85. The van der Waals surface area contributed by atoms with Crippen LogP contribution in [-0.2, 0) is 9.59 Å². The molecule has 88 valence electrons. The molecule has 7 heteroatoms. The summed E-state index contributed by atoms with van der Waals surface area (Å²) in [6.07, 6.45) is 0.412. The van der Waals surface area contributed by atoms with Crippen molar-refractivity contribution in [1.29, 1.82) is 0 Å². The number of rotatable bonds is 2. The second-order valence-electron chi connectivity index (χ2n) is 3.45. The minimum absolute atomic E-state index is 0.102. The Bertz CT molecular complexity index is 542. The fourth-order valence-electron chi connectivity index (χ4n) is 1.50. The van der Waals surface area contributed by atoms with Crippen molar-refractivity contribution in [2.45, 2.75) is 6.04 Å². The van der Waals surface area contributed by atoms with E-state index in [2.05, 4.69) is 10.3 Å². The van der Waals surface area contributed by atoms with Gasteiger partial charge in [0.05, 0.1) is 17.1 Å². The van der Waals surface area contributed by atoms with E-state index < -0.39 is 17.8 Å². The Morgan fingerprint density at radius 1 is 1.59 bits per heavy atom. The van der Waals surface area contributed by atoms with E-state index in [9.17, 15) is 14.0 Å². The highest BCUT2D eigenvalue weighted by Crippen LogP contribution is 2.33. The highest BCUT2D eigenvalue weighted by atomic mass is 19.1. The Kier molecular flexibility index (Phi) is 2.51. The molecule has 1 atom stereocenters. The van der Waals surface area contributed by atoms with Crippen LogP contribution in [0.3, 0.4) is 0 Å². The van der Waals surface area contributed by atoms with Crippen molar-refractivity contribution in [2.24, 2.45) is 4.99 Å². The number of hydrogen-bond donors (Lipinski definition) is 3. The number of aliphatic imine (C=N–C) groups is 1. The zero-order chi connectivity index (χ0) is 12.6. The molecule has 6 nitrogen and oxygen atoms in total. The van der Waals surface area contributed by atoms with Gasteiger partial charge in [0.25, 0.3) is 0 Å². The highest BCUT2D eigenvalue weighted by molar-refractivity contribution is 6.42. The van der Waals surface area contributed by atoms with Crippen molar-refractivity contribution in [1.82, 2.24) is 0 Å². The van der Waals surface area contributed by atoms with Gasteiger partial charge in [-0.3, -0.25) is 0 Å². The number of fused-ring (bicyclic) bond motifs is 1. The van der Waals surface area contributed by atoms with Gasteiger partial charge in [0, 0.05) is 6.07 Å². The number of nitrogens with two attached hydrogens (primary N) is 1. The number of carboxylic acids is 1. The molecule has 0 aromatic heterocycles. The molecule has 1 aliphatic rings. The zero-order valence-electron chi connectivity index (χ0n) is 8.48. The summed E-state index contributed by atoms with van der Waals surface area (Å²) >= 11 is 0. The Morgan fingerprint density at radius 3 is 2.88 bits per heavy atom. The van der Waals surface area contributed by atoms with Crippen molar-refractivity contribution in [2.75, 3.05) is 11.1 Å². The molecule has 4 N–H and O–H groups in total. The molecule has 0 radical (unpaired) electrons. The number of nitrogens with one attached hydrogen (secondary N) is 1. The number of carboxylic acid groups (broad SMARTS) is 1. The largest absolute Gasteiger partial charge is 0.477 e. The van der Waals surface area contributed by atoms with E-state index in [-0.39, 0.29) is 17.1 Å². The minimum atomic E-state index is -1.34. The monoisotopic (exact) mass is 237 g/mol. The molecule has 0 saturated heterocycles. The molecule has 17 heavy (non-hydrogen) atoms. The van der Waals surface area contributed by atoms with E-state index in [1.54, 1.807) is 0 Å². The van der Waals surface area contributed by atoms with E-state index in [0.29, 0.717) is 12.0 Å². The van der Waals surface area contributed by atoms with Gasteiger partial charge in [0.1, 0.15) is 18.1 Å². The highest BCUT2D eigenvalue weighted by Gasteiger charge is 2.27. The third-order valence-corrected chi connectivity index (χ3v) is 2.32. The summed E-state index contributed by atoms with van der Waals surface area (Å²) in [7, 11) is 0. The lowest BCUT2D eigenvalue weighted by molar-refractivity contribution is -0.129. The molecule has 0 bridgehead atoms. The van der Waals surface area contributed by atoms with E-state index in [4.69, 9.17) is 10.8 Å². The molecule has 1 aliphatic heterocycles. The van der Waals surface area contributed by atoms with Crippen LogP contribution in [0, 0.1) is 5.82 Å². The van der Waals surface area contributed by atoms with Crippen LogP contribution < -0.4 is 11.1 Å². The van der Waals surface area contributed by atoms with E-state index >= 15 is 0 Å². The topological polar surface area (TPSA) is 105 Å². The summed E-state index contributed by atoms with van der Waals surface area (Å²) in [4.78, 5) is 25.3. The number of aliphatic carboxylic acids is 1. The fourth-order valence-corrected chi connectivity index (χ4v) is 1.50. The molecule has 1 unspecified atom stereocenters. The van der Waals surface area contributed by atoms with Crippen LogP contribution in [0.4, 0.5) is 21.5 Å². The summed E-state index contributed by atoms with van der Waals surface area (Å²) in [5, 5.41) is 11.5. The van der Waals surface area contributed by atoms with Crippen molar-refractivity contribution < 1.29 is 19.1 Å². The van der Waals surface area contributed by atoms with Gasteiger partial charge < -0.3 is 21.0 Å². The Morgan fingerprint density at radius 2 is 2.29 bits per heavy atom. The molecular formula is C10H8FN3O3. The zero-order valence-corrected chi connectivity index (χ0v) is 8.48. The van der Waals surface area contributed by atoms with Crippen LogP contribution in [-0.4, -0.2) is 29.1 Å². The van der Waals surface area contributed by atoms with Crippen molar-refractivity contribution in [3.8, 4) is 0 Å². The van der Waals surface area contributed by atoms with Gasteiger partial charge in [-0.2, -0.15) is 0 Å². The van der Waals surface area contributed by atoms with Crippen LogP contribution in [0.25, 0.3) is 0 Å². The fraction of sp³-hybridized carbons (Fsp3) is 0.100. The molecule has 0 amide bonds. The normalized spacial score (nSPS) is 17.7. The third kappa shape index (κ3) is 1.82. The van der Waals surface area contributed by atoms with Gasteiger partial charge in [-0.1, -0.05) is 0 Å². The molecule has 0 saturated carbocycles. The van der Waals surface area contributed by atoms with Crippen LogP contribution >= 0.6 is 0 Å². The predicted molar refractivity (Wildman–Crippen MR) is 59.0 cm³/mol. The van der Waals surface area contributed by atoms with E-state index in [1.165, 1.54) is 6.07 Å². The van der Waals surface area contributed by atoms with Gasteiger partial charge in [-0.05, 0) is 6.07 Å². The van der Waals surface area contributed by atoms with Crippen LogP contribution in [0.2, 0.25) is 0 Å². The first-order valence-electron chi connectivity index (χ1n) is 4.65. The van der Waals surface area contributed by atoms with Gasteiger partial charge >= 0.3 is 5.97 Å². The molecule has 1 heterocycles. The number of nitrogens with zero attached hydrogens (tertiary/aromatic N) is 1. The summed E-state index contributed by atoms with van der Waals surface area (Å²) < 4.78 is 13.2. The van der Waals surface area contributed by atoms with Gasteiger partial charge in [-0.25, -0.2) is 14.2 Å². The van der Waals surface area contributed by atoms with Crippen molar-refractivity contribution in [3.05, 3.63) is 17.9 Å². The van der Waals surface area contributed by atoms with E-state index in [0.717, 1.165) is 6.07 Å². The third-order valence-electron chi connectivity index (χ3n) is 2.32. The maximum atomic E-state index is 13.2. The predicted octanol–water partition coefficient (Wildman–Crippen LogP) is 0.558. The number of halogens is 1. The Labute approximate surface area is 95.0 Å². The van der Waals surface area contributed by atoms with Gasteiger partial charge in [-0.15, -0.1) is 0 Å². The smallest absolute Gasteiger partial charge is 0.352 e. The number of aldehydes is 1. The quantitative estimate of drug-likeness (QED) is 0.514. The van der Waals surface area contributed by atoms with Gasteiger partial charge in [0.2, 0.25) is 0 Å². The SMILES string of the molecule is Nc1cc2c(cc1F)N=C(C(=O)O)C(C=O)N2. The van der Waals surface area contributed by atoms with Crippen molar-refractivity contribution >= 4 is 35.0 Å². The average molecular weight is 237 g/mol. The standard InChI is InChI=1S/C10H8FN3O3/c11-4-1-6-7(2-5(4)12)13-8(3-15)9(14-6)10(16)17/h1-3,8,13H,12H2,(H,16,17). The van der Waals surface area contributed by atoms with Crippen LogP contribution in [0.5, 0.6) is 0 Å².